The minimum atomic E-state index is 0.440. The quantitative estimate of drug-likeness (QED) is 0.501. The molecule has 1 N–H and O–H groups in total. The summed E-state index contributed by atoms with van der Waals surface area (Å²) in [7, 11) is 1.63. The largest absolute Gasteiger partial charge is 0.493 e. The summed E-state index contributed by atoms with van der Waals surface area (Å²) < 4.78 is 14.2. The predicted molar refractivity (Wildman–Crippen MR) is 112 cm³/mol. The lowest BCUT2D eigenvalue weighted by Gasteiger charge is -2.17. The Morgan fingerprint density at radius 1 is 1.29 bits per heavy atom. The highest BCUT2D eigenvalue weighted by Gasteiger charge is 2.16. The molecule has 1 aromatic heterocycles. The maximum Gasteiger partial charge on any atom is 0.243 e. The number of aromatic nitrogens is 4. The second-order valence-corrected chi connectivity index (χ2v) is 7.02. The van der Waals surface area contributed by atoms with E-state index in [1.165, 1.54) is 5.56 Å². The third-order valence-electron chi connectivity index (χ3n) is 4.11. The molecule has 3 aromatic rings. The summed E-state index contributed by atoms with van der Waals surface area (Å²) >= 11 is 3.61. The lowest BCUT2D eigenvalue weighted by Crippen LogP contribution is -2.10. The zero-order chi connectivity index (χ0) is 19.9. The van der Waals surface area contributed by atoms with Gasteiger partial charge in [0.25, 0.3) is 0 Å². The summed E-state index contributed by atoms with van der Waals surface area (Å²) in [6.07, 6.45) is 1.74. The van der Waals surface area contributed by atoms with Gasteiger partial charge in [-0.05, 0) is 35.0 Å². The number of rotatable bonds is 9. The second kappa shape index (κ2) is 9.36. The first-order chi connectivity index (χ1) is 13.6. The Morgan fingerprint density at radius 3 is 2.89 bits per heavy atom. The summed E-state index contributed by atoms with van der Waals surface area (Å²) in [5, 5.41) is 14.9. The van der Waals surface area contributed by atoms with Gasteiger partial charge >= 0.3 is 0 Å². The van der Waals surface area contributed by atoms with Crippen LogP contribution in [-0.2, 0) is 19.7 Å². The van der Waals surface area contributed by atoms with Crippen LogP contribution in [0.15, 0.2) is 53.5 Å². The van der Waals surface area contributed by atoms with Crippen LogP contribution in [0.5, 0.6) is 11.5 Å². The molecule has 0 spiro atoms. The molecule has 0 aliphatic heterocycles. The summed E-state index contributed by atoms with van der Waals surface area (Å²) in [6, 6.07) is 12.0. The van der Waals surface area contributed by atoms with E-state index < -0.39 is 0 Å². The summed E-state index contributed by atoms with van der Waals surface area (Å²) in [5.74, 6) is 1.89. The van der Waals surface area contributed by atoms with E-state index in [0.29, 0.717) is 37.1 Å². The van der Waals surface area contributed by atoms with Crippen LogP contribution in [0.3, 0.4) is 0 Å². The number of allylic oxidation sites excluding steroid dienone is 1. The first kappa shape index (κ1) is 19.9. The average molecular weight is 444 g/mol. The van der Waals surface area contributed by atoms with E-state index in [9.17, 15) is 0 Å². The first-order valence-electron chi connectivity index (χ1n) is 8.77. The van der Waals surface area contributed by atoms with Crippen molar-refractivity contribution in [1.82, 2.24) is 20.2 Å². The van der Waals surface area contributed by atoms with E-state index in [1.54, 1.807) is 17.9 Å². The van der Waals surface area contributed by atoms with Crippen molar-refractivity contribution >= 4 is 21.9 Å². The molecule has 3 rings (SSSR count). The van der Waals surface area contributed by atoms with E-state index >= 15 is 0 Å². The Hall–Kier alpha value is -2.87. The van der Waals surface area contributed by atoms with Crippen molar-refractivity contribution < 1.29 is 9.47 Å². The first-order valence-corrected chi connectivity index (χ1v) is 9.56. The van der Waals surface area contributed by atoms with Gasteiger partial charge < -0.3 is 14.8 Å². The third-order valence-corrected chi connectivity index (χ3v) is 4.85. The summed E-state index contributed by atoms with van der Waals surface area (Å²) in [6.45, 7) is 7.19. The molecule has 0 amide bonds. The number of hydrogen-bond donors (Lipinski definition) is 1. The third kappa shape index (κ3) is 4.69. The molecule has 2 aromatic carbocycles. The molecule has 0 fully saturated rings. The molecule has 0 saturated heterocycles. The molecular formula is C20H22BrN5O2. The number of nitrogens with zero attached hydrogens (tertiary/aromatic N) is 4. The van der Waals surface area contributed by atoms with Crippen LogP contribution in [0.1, 0.15) is 16.7 Å². The number of ether oxygens (including phenoxy) is 2. The minimum Gasteiger partial charge on any atom is -0.493 e. The van der Waals surface area contributed by atoms with Crippen LogP contribution in [0, 0.1) is 6.92 Å². The van der Waals surface area contributed by atoms with Gasteiger partial charge in [0.2, 0.25) is 5.95 Å². The molecular weight excluding hydrogens is 422 g/mol. The second-order valence-electron chi connectivity index (χ2n) is 6.16. The fraction of sp³-hybridized carbons (Fsp3) is 0.250. The molecule has 28 heavy (non-hydrogen) atoms. The zero-order valence-corrected chi connectivity index (χ0v) is 17.4. The van der Waals surface area contributed by atoms with Gasteiger partial charge in [0.05, 0.1) is 13.7 Å². The minimum absolute atomic E-state index is 0.440. The Balaban J connectivity index is 1.83. The number of anilines is 1. The van der Waals surface area contributed by atoms with Crippen molar-refractivity contribution in [2.75, 3.05) is 12.4 Å². The maximum atomic E-state index is 6.16. The van der Waals surface area contributed by atoms with Gasteiger partial charge in [-0.2, -0.15) is 0 Å². The lowest BCUT2D eigenvalue weighted by molar-refractivity contribution is 0.281. The molecule has 0 aliphatic rings. The van der Waals surface area contributed by atoms with Crippen molar-refractivity contribution in [3.05, 3.63) is 70.2 Å². The van der Waals surface area contributed by atoms with Gasteiger partial charge in [0.1, 0.15) is 6.61 Å². The normalized spacial score (nSPS) is 10.5. The topological polar surface area (TPSA) is 74.1 Å². The van der Waals surface area contributed by atoms with Gasteiger partial charge in [0.15, 0.2) is 11.5 Å². The summed E-state index contributed by atoms with van der Waals surface area (Å²) in [5.41, 5.74) is 3.20. The monoisotopic (exact) mass is 443 g/mol. The van der Waals surface area contributed by atoms with Crippen molar-refractivity contribution in [2.45, 2.75) is 26.6 Å². The molecule has 1 heterocycles. The Morgan fingerprint density at radius 2 is 2.14 bits per heavy atom. The zero-order valence-electron chi connectivity index (χ0n) is 15.9. The molecule has 0 aliphatic carbocycles. The highest BCUT2D eigenvalue weighted by Crippen LogP contribution is 2.37. The highest BCUT2D eigenvalue weighted by molar-refractivity contribution is 9.10. The molecule has 146 valence electrons. The van der Waals surface area contributed by atoms with Crippen LogP contribution in [0.2, 0.25) is 0 Å². The number of halogens is 1. The Bertz CT molecular complexity index is 958. The fourth-order valence-electron chi connectivity index (χ4n) is 2.77. The van der Waals surface area contributed by atoms with Crippen molar-refractivity contribution in [1.29, 1.82) is 0 Å². The van der Waals surface area contributed by atoms with Crippen LogP contribution >= 0.6 is 15.9 Å². The smallest absolute Gasteiger partial charge is 0.243 e. The Kier molecular flexibility index (Phi) is 6.65. The molecule has 0 saturated carbocycles. The number of aryl methyl sites for hydroxylation is 1. The molecule has 0 radical (unpaired) electrons. The van der Waals surface area contributed by atoms with Crippen molar-refractivity contribution in [2.24, 2.45) is 0 Å². The number of hydrogen-bond acceptors (Lipinski definition) is 6. The average Bonchev–Trinajstić information content (AvgIpc) is 3.13. The number of tetrazole rings is 1. The molecule has 8 heteroatoms. The van der Waals surface area contributed by atoms with Gasteiger partial charge in [-0.1, -0.05) is 56.9 Å². The molecule has 0 bridgehead atoms. The van der Waals surface area contributed by atoms with E-state index in [0.717, 1.165) is 15.6 Å². The molecule has 0 unspecified atom stereocenters. The van der Waals surface area contributed by atoms with E-state index in [2.05, 4.69) is 62.4 Å². The van der Waals surface area contributed by atoms with Crippen molar-refractivity contribution in [3.8, 4) is 11.5 Å². The van der Waals surface area contributed by atoms with Crippen LogP contribution in [0.25, 0.3) is 0 Å². The summed E-state index contributed by atoms with van der Waals surface area (Å²) in [4.78, 5) is 0. The van der Waals surface area contributed by atoms with Gasteiger partial charge in [0, 0.05) is 16.6 Å². The predicted octanol–water partition coefficient (Wildman–Crippen LogP) is 4.13. The Labute approximate surface area is 172 Å². The van der Waals surface area contributed by atoms with Crippen LogP contribution in [0.4, 0.5) is 5.95 Å². The highest BCUT2D eigenvalue weighted by atomic mass is 79.9. The van der Waals surface area contributed by atoms with Crippen LogP contribution < -0.4 is 14.8 Å². The molecule has 0 atom stereocenters. The van der Waals surface area contributed by atoms with Gasteiger partial charge in [-0.15, -0.1) is 6.58 Å². The lowest BCUT2D eigenvalue weighted by atomic mass is 10.1. The van der Waals surface area contributed by atoms with Gasteiger partial charge in [-0.3, -0.25) is 0 Å². The maximum absolute atomic E-state index is 6.16. The molecule has 7 nitrogen and oxygen atoms in total. The number of nitrogens with one attached hydrogen (secondary N) is 1. The standard InChI is InChI=1S/C20H22BrN5O2/c1-4-10-26-20(23-24-25-26)22-12-16-17(21)8-9-18(27-3)19(16)28-13-15-7-5-6-14(2)11-15/h4-9,11H,1,10,12-13H2,2-3H3,(H,22,23,25). The SMILES string of the molecule is C=CCn1nnnc1NCc1c(Br)ccc(OC)c1OCc1cccc(C)c1. The number of methoxy groups -OCH3 is 1. The van der Waals surface area contributed by atoms with Crippen molar-refractivity contribution in [3.63, 3.8) is 0 Å². The fourth-order valence-corrected chi connectivity index (χ4v) is 3.22. The van der Waals surface area contributed by atoms with Gasteiger partial charge in [-0.25, -0.2) is 4.68 Å². The van der Waals surface area contributed by atoms with E-state index in [1.807, 2.05) is 24.3 Å². The van der Waals surface area contributed by atoms with Crippen LogP contribution in [-0.4, -0.2) is 27.3 Å². The number of benzene rings is 2. The van der Waals surface area contributed by atoms with E-state index in [-0.39, 0.29) is 0 Å². The van der Waals surface area contributed by atoms with E-state index in [4.69, 9.17) is 9.47 Å².